The first-order valence-corrected chi connectivity index (χ1v) is 11.7. The number of anilines is 5. The summed E-state index contributed by atoms with van der Waals surface area (Å²) >= 11 is 12.5. The second kappa shape index (κ2) is 10.2. The molecule has 1 aliphatic heterocycles. The summed E-state index contributed by atoms with van der Waals surface area (Å²) in [5, 5.41) is 21.2. The zero-order valence-electron chi connectivity index (χ0n) is 19.3. The molecule has 0 spiro atoms. The van der Waals surface area contributed by atoms with E-state index in [1.54, 1.807) is 39.2 Å². The molecule has 2 aromatic carbocycles. The molecule has 10 heteroatoms. The molecule has 1 saturated heterocycles. The highest BCUT2D eigenvalue weighted by Crippen LogP contribution is 2.35. The van der Waals surface area contributed by atoms with Gasteiger partial charge in [0.1, 0.15) is 10.8 Å². The highest BCUT2D eigenvalue weighted by Gasteiger charge is 2.22. The third kappa shape index (κ3) is 5.64. The van der Waals surface area contributed by atoms with Gasteiger partial charge in [-0.1, -0.05) is 23.2 Å². The third-order valence-corrected chi connectivity index (χ3v) is 6.06. The number of aromatic nitrogens is 2. The van der Waals surface area contributed by atoms with Crippen LogP contribution in [0.3, 0.4) is 0 Å². The molecule has 0 atom stereocenters. The van der Waals surface area contributed by atoms with E-state index < -0.39 is 5.60 Å². The summed E-state index contributed by atoms with van der Waals surface area (Å²) in [6.45, 7) is 7.19. The molecule has 2 heterocycles. The van der Waals surface area contributed by atoms with Crippen molar-refractivity contribution < 1.29 is 9.84 Å². The Balaban J connectivity index is 1.59. The molecule has 4 rings (SSSR count). The molecule has 0 amide bonds. The van der Waals surface area contributed by atoms with Crippen molar-refractivity contribution in [2.45, 2.75) is 19.4 Å². The van der Waals surface area contributed by atoms with Crippen molar-refractivity contribution in [2.24, 2.45) is 0 Å². The van der Waals surface area contributed by atoms with Crippen LogP contribution >= 0.6 is 23.2 Å². The highest BCUT2D eigenvalue weighted by atomic mass is 35.5. The Morgan fingerprint density at radius 3 is 2.50 bits per heavy atom. The average Bonchev–Trinajstić information content (AvgIpc) is 2.82. The van der Waals surface area contributed by atoms with Gasteiger partial charge in [0.25, 0.3) is 0 Å². The molecule has 4 N–H and O–H groups in total. The van der Waals surface area contributed by atoms with E-state index in [1.807, 2.05) is 12.1 Å². The van der Waals surface area contributed by atoms with Crippen molar-refractivity contribution in [1.29, 1.82) is 0 Å². The molecular formula is C24H28Cl2N6O2. The number of aliphatic hydroxyl groups is 1. The van der Waals surface area contributed by atoms with Crippen molar-refractivity contribution in [1.82, 2.24) is 15.3 Å². The average molecular weight is 503 g/mol. The number of halogens is 2. The Kier molecular flexibility index (Phi) is 7.33. The summed E-state index contributed by atoms with van der Waals surface area (Å²) in [7, 11) is 1.64. The molecule has 34 heavy (non-hydrogen) atoms. The number of rotatable bonds is 7. The molecule has 1 aromatic heterocycles. The molecule has 180 valence electrons. The van der Waals surface area contributed by atoms with Gasteiger partial charge in [0.15, 0.2) is 5.82 Å². The number of piperazine rings is 1. The van der Waals surface area contributed by atoms with E-state index >= 15 is 0 Å². The van der Waals surface area contributed by atoms with Gasteiger partial charge in [0, 0.05) is 54.2 Å². The lowest BCUT2D eigenvalue weighted by Crippen LogP contribution is -2.43. The molecule has 0 saturated carbocycles. The molecule has 3 aromatic rings. The van der Waals surface area contributed by atoms with Gasteiger partial charge in [-0.2, -0.15) is 4.98 Å². The van der Waals surface area contributed by atoms with Gasteiger partial charge in [0.05, 0.1) is 24.6 Å². The van der Waals surface area contributed by atoms with E-state index in [9.17, 15) is 5.11 Å². The lowest BCUT2D eigenvalue weighted by atomic mass is 9.96. The SMILES string of the molecule is COc1cc(N2CCNCC2)ccc1Nc1ncc(Cl)c(Nc2ccc(Cl)cc2C(C)(C)O)n1. The van der Waals surface area contributed by atoms with Crippen LogP contribution in [0.2, 0.25) is 10.0 Å². The fourth-order valence-electron chi connectivity index (χ4n) is 3.80. The van der Waals surface area contributed by atoms with Crippen molar-refractivity contribution >= 4 is 52.0 Å². The van der Waals surface area contributed by atoms with Gasteiger partial charge in [-0.25, -0.2) is 4.98 Å². The second-order valence-electron chi connectivity index (χ2n) is 8.51. The van der Waals surface area contributed by atoms with Crippen LogP contribution in [-0.4, -0.2) is 48.4 Å². The predicted octanol–water partition coefficient (Wildman–Crippen LogP) is 4.92. The fraction of sp³-hybridized carbons (Fsp3) is 0.333. The van der Waals surface area contributed by atoms with Crippen LogP contribution in [-0.2, 0) is 5.60 Å². The number of nitrogens with one attached hydrogen (secondary N) is 3. The summed E-state index contributed by atoms with van der Waals surface area (Å²) in [6, 6.07) is 11.2. The zero-order valence-corrected chi connectivity index (χ0v) is 20.8. The van der Waals surface area contributed by atoms with Crippen LogP contribution in [0, 0.1) is 0 Å². The molecule has 8 nitrogen and oxygen atoms in total. The van der Waals surface area contributed by atoms with E-state index in [0.29, 0.717) is 38.8 Å². The third-order valence-electron chi connectivity index (χ3n) is 5.55. The van der Waals surface area contributed by atoms with Crippen LogP contribution in [0.5, 0.6) is 5.75 Å². The summed E-state index contributed by atoms with van der Waals surface area (Å²) in [5.41, 5.74) is 1.98. The number of nitrogens with zero attached hydrogens (tertiary/aromatic N) is 3. The van der Waals surface area contributed by atoms with E-state index in [1.165, 1.54) is 6.20 Å². The molecule has 0 radical (unpaired) electrons. The lowest BCUT2D eigenvalue weighted by molar-refractivity contribution is 0.0794. The van der Waals surface area contributed by atoms with E-state index in [0.717, 1.165) is 37.6 Å². The highest BCUT2D eigenvalue weighted by molar-refractivity contribution is 6.33. The van der Waals surface area contributed by atoms with Crippen LogP contribution in [0.4, 0.5) is 28.8 Å². The minimum Gasteiger partial charge on any atom is -0.494 e. The van der Waals surface area contributed by atoms with Gasteiger partial charge in [-0.05, 0) is 44.2 Å². The van der Waals surface area contributed by atoms with E-state index in [-0.39, 0.29) is 0 Å². The summed E-state index contributed by atoms with van der Waals surface area (Å²) in [6.07, 6.45) is 1.51. The largest absolute Gasteiger partial charge is 0.494 e. The molecule has 1 aliphatic rings. The van der Waals surface area contributed by atoms with Crippen molar-refractivity contribution in [2.75, 3.05) is 48.8 Å². The predicted molar refractivity (Wildman–Crippen MR) is 138 cm³/mol. The molecule has 0 unspecified atom stereocenters. The Morgan fingerprint density at radius 2 is 1.79 bits per heavy atom. The van der Waals surface area contributed by atoms with E-state index in [2.05, 4.69) is 36.9 Å². The maximum atomic E-state index is 10.6. The summed E-state index contributed by atoms with van der Waals surface area (Å²) in [5.74, 6) is 1.42. The van der Waals surface area contributed by atoms with Crippen molar-refractivity contribution in [3.8, 4) is 5.75 Å². The Hall–Kier alpha value is -2.78. The molecule has 0 aliphatic carbocycles. The van der Waals surface area contributed by atoms with Gasteiger partial charge in [-0.15, -0.1) is 0 Å². The number of hydrogen-bond acceptors (Lipinski definition) is 8. The molecular weight excluding hydrogens is 475 g/mol. The monoisotopic (exact) mass is 502 g/mol. The van der Waals surface area contributed by atoms with Crippen molar-refractivity contribution in [3.05, 3.63) is 58.2 Å². The van der Waals surface area contributed by atoms with Crippen LogP contribution in [0.1, 0.15) is 19.4 Å². The maximum absolute atomic E-state index is 10.6. The van der Waals surface area contributed by atoms with Crippen LogP contribution in [0.15, 0.2) is 42.6 Å². The zero-order chi connectivity index (χ0) is 24.3. The Bertz CT molecular complexity index is 1160. The topological polar surface area (TPSA) is 94.6 Å². The number of hydrogen-bond donors (Lipinski definition) is 4. The molecule has 0 bridgehead atoms. The quantitative estimate of drug-likeness (QED) is 0.361. The minimum absolute atomic E-state index is 0.336. The summed E-state index contributed by atoms with van der Waals surface area (Å²) < 4.78 is 5.62. The molecule has 1 fully saturated rings. The number of benzene rings is 2. The van der Waals surface area contributed by atoms with Gasteiger partial charge >= 0.3 is 0 Å². The lowest BCUT2D eigenvalue weighted by Gasteiger charge is -2.30. The Labute approximate surface area is 209 Å². The van der Waals surface area contributed by atoms with Gasteiger partial charge in [0.2, 0.25) is 5.95 Å². The number of ether oxygens (including phenoxy) is 1. The first kappa shape index (κ1) is 24.3. The fourth-order valence-corrected chi connectivity index (χ4v) is 4.11. The maximum Gasteiger partial charge on any atom is 0.229 e. The minimum atomic E-state index is -1.12. The Morgan fingerprint density at radius 1 is 1.06 bits per heavy atom. The standard InChI is InChI=1S/C24H28Cl2N6O2/c1-24(2,33)17-12-15(25)4-6-19(17)29-22-18(26)14-28-23(31-22)30-20-7-5-16(13-21(20)34-3)32-10-8-27-9-11-32/h4-7,12-14,27,33H,8-11H2,1-3H3,(H2,28,29,30,31). The normalized spacial score (nSPS) is 14.1. The first-order chi connectivity index (χ1) is 16.2. The second-order valence-corrected chi connectivity index (χ2v) is 9.35. The van der Waals surface area contributed by atoms with Gasteiger partial charge < -0.3 is 30.7 Å². The van der Waals surface area contributed by atoms with E-state index in [4.69, 9.17) is 27.9 Å². The van der Waals surface area contributed by atoms with Crippen molar-refractivity contribution in [3.63, 3.8) is 0 Å². The first-order valence-electron chi connectivity index (χ1n) is 11.0. The summed E-state index contributed by atoms with van der Waals surface area (Å²) in [4.78, 5) is 11.2. The number of methoxy groups -OCH3 is 1. The van der Waals surface area contributed by atoms with Gasteiger partial charge in [-0.3, -0.25) is 0 Å². The van der Waals surface area contributed by atoms with Crippen LogP contribution < -0.4 is 25.6 Å². The van der Waals surface area contributed by atoms with Crippen LogP contribution in [0.25, 0.3) is 0 Å². The smallest absolute Gasteiger partial charge is 0.229 e.